The summed E-state index contributed by atoms with van der Waals surface area (Å²) >= 11 is 0. The van der Waals surface area contributed by atoms with E-state index in [0.29, 0.717) is 132 Å². The molecule has 0 aromatic carbocycles. The predicted molar refractivity (Wildman–Crippen MR) is 214 cm³/mol. The Labute approximate surface area is 330 Å². The number of ether oxygens (including phenoxy) is 11. The zero-order chi connectivity index (χ0) is 38.9. The van der Waals surface area contributed by atoms with Gasteiger partial charge in [-0.25, -0.2) is 0 Å². The molecule has 0 spiro atoms. The fourth-order valence-corrected chi connectivity index (χ4v) is 5.29. The van der Waals surface area contributed by atoms with Gasteiger partial charge in [0.15, 0.2) is 0 Å². The van der Waals surface area contributed by atoms with Crippen LogP contribution in [0.1, 0.15) is 129 Å². The van der Waals surface area contributed by atoms with Crippen LogP contribution in [0.3, 0.4) is 0 Å². The van der Waals surface area contributed by atoms with Crippen molar-refractivity contribution in [2.75, 3.05) is 139 Å². The van der Waals surface area contributed by atoms with E-state index >= 15 is 0 Å². The number of hydrogen-bond acceptors (Lipinski definition) is 12. The monoisotopic (exact) mass is 781 g/mol. The molecule has 0 saturated heterocycles. The Morgan fingerprint density at radius 2 is 0.481 bits per heavy atom. The quantitative estimate of drug-likeness (QED) is 0.0444. The third-order valence-electron chi connectivity index (χ3n) is 8.47. The molecule has 54 heavy (non-hydrogen) atoms. The van der Waals surface area contributed by atoms with Crippen molar-refractivity contribution in [3.63, 3.8) is 0 Å². The standard InChI is InChI=1S/C42H84O12/c1-3-5-7-8-9-10-11-12-13-14-15-16-17-19-21-44-22-23-45-24-25-46-26-27-47-28-29-48-30-31-49-32-33-50-34-35-51-36-37-52-38-39-53-40-41-54-42(43)20-18-6-4-2/h3-41H2,1-2H3. The maximum absolute atomic E-state index is 11.5. The summed E-state index contributed by atoms with van der Waals surface area (Å²) in [6, 6.07) is 0. The molecule has 12 heteroatoms. The van der Waals surface area contributed by atoms with E-state index in [-0.39, 0.29) is 12.6 Å². The van der Waals surface area contributed by atoms with Crippen molar-refractivity contribution in [3.8, 4) is 0 Å². The number of rotatable bonds is 49. The van der Waals surface area contributed by atoms with E-state index in [1.807, 2.05) is 0 Å². The van der Waals surface area contributed by atoms with Gasteiger partial charge >= 0.3 is 5.97 Å². The molecule has 0 aliphatic carbocycles. The summed E-state index contributed by atoms with van der Waals surface area (Å²) in [5, 5.41) is 0. The van der Waals surface area contributed by atoms with Gasteiger partial charge < -0.3 is 52.1 Å². The molecule has 0 heterocycles. The predicted octanol–water partition coefficient (Wildman–Crippen LogP) is 7.76. The number of hydrogen-bond donors (Lipinski definition) is 0. The van der Waals surface area contributed by atoms with Gasteiger partial charge in [-0.3, -0.25) is 4.79 Å². The molecule has 0 N–H and O–H groups in total. The summed E-state index contributed by atoms with van der Waals surface area (Å²) in [7, 11) is 0. The number of carbonyl (C=O) groups excluding carboxylic acids is 1. The van der Waals surface area contributed by atoms with Crippen LogP contribution in [-0.4, -0.2) is 145 Å². The molecule has 0 aliphatic heterocycles. The van der Waals surface area contributed by atoms with Crippen LogP contribution in [0.2, 0.25) is 0 Å². The number of esters is 1. The minimum atomic E-state index is -0.156. The summed E-state index contributed by atoms with van der Waals surface area (Å²) in [5.41, 5.74) is 0. The Hall–Kier alpha value is -0.930. The van der Waals surface area contributed by atoms with Crippen molar-refractivity contribution in [2.45, 2.75) is 129 Å². The van der Waals surface area contributed by atoms with Crippen molar-refractivity contribution in [1.82, 2.24) is 0 Å². The maximum Gasteiger partial charge on any atom is 0.305 e. The normalized spacial score (nSPS) is 11.5. The van der Waals surface area contributed by atoms with Gasteiger partial charge in [0.2, 0.25) is 0 Å². The van der Waals surface area contributed by atoms with Gasteiger partial charge in [0, 0.05) is 13.0 Å². The van der Waals surface area contributed by atoms with Gasteiger partial charge in [0.05, 0.1) is 126 Å². The van der Waals surface area contributed by atoms with Crippen molar-refractivity contribution in [3.05, 3.63) is 0 Å². The van der Waals surface area contributed by atoms with E-state index in [4.69, 9.17) is 52.1 Å². The first-order chi connectivity index (χ1) is 26.8. The van der Waals surface area contributed by atoms with Crippen LogP contribution >= 0.6 is 0 Å². The molecule has 324 valence electrons. The molecule has 0 aliphatic rings. The first-order valence-corrected chi connectivity index (χ1v) is 21.7. The molecule has 0 fully saturated rings. The third kappa shape index (κ3) is 49.1. The second-order valence-electron chi connectivity index (χ2n) is 13.4. The number of unbranched alkanes of at least 4 members (excludes halogenated alkanes) is 15. The van der Waals surface area contributed by atoms with Gasteiger partial charge in [-0.05, 0) is 12.8 Å². The highest BCUT2D eigenvalue weighted by atomic mass is 16.6. The molecule has 0 saturated carbocycles. The minimum absolute atomic E-state index is 0.156. The van der Waals surface area contributed by atoms with E-state index in [0.717, 1.165) is 32.3 Å². The van der Waals surface area contributed by atoms with E-state index in [1.54, 1.807) is 0 Å². The van der Waals surface area contributed by atoms with E-state index in [1.165, 1.54) is 83.5 Å². The maximum atomic E-state index is 11.5. The highest BCUT2D eigenvalue weighted by Gasteiger charge is 2.02. The Bertz CT molecular complexity index is 688. The van der Waals surface area contributed by atoms with E-state index < -0.39 is 0 Å². The molecule has 0 aromatic rings. The van der Waals surface area contributed by atoms with Gasteiger partial charge in [-0.2, -0.15) is 0 Å². The molecule has 0 unspecified atom stereocenters. The Balaban J connectivity index is 3.07. The van der Waals surface area contributed by atoms with E-state index in [9.17, 15) is 4.79 Å². The smallest absolute Gasteiger partial charge is 0.305 e. The lowest BCUT2D eigenvalue weighted by Gasteiger charge is -2.09. The fraction of sp³-hybridized carbons (Fsp3) is 0.976. The second kappa shape index (κ2) is 50.1. The SMILES string of the molecule is CCCCCCCCCCCCCCCCOCCOCCOCCOCCOCCOCCOCCOCCOCCOCCOC(=O)CCCCC. The summed E-state index contributed by atoms with van der Waals surface area (Å²) in [5.74, 6) is -0.156. The van der Waals surface area contributed by atoms with Crippen molar-refractivity contribution < 1.29 is 56.9 Å². The summed E-state index contributed by atoms with van der Waals surface area (Å²) < 4.78 is 60.3. The van der Waals surface area contributed by atoms with Crippen molar-refractivity contribution in [2.24, 2.45) is 0 Å². The molecule has 0 radical (unpaired) electrons. The topological polar surface area (TPSA) is 119 Å². The van der Waals surface area contributed by atoms with Crippen LogP contribution < -0.4 is 0 Å². The van der Waals surface area contributed by atoms with Crippen molar-refractivity contribution in [1.29, 1.82) is 0 Å². The lowest BCUT2D eigenvalue weighted by molar-refractivity contribution is -0.145. The summed E-state index contributed by atoms with van der Waals surface area (Å²) in [6.45, 7) is 15.3. The Kier molecular flexibility index (Phi) is 49.2. The Morgan fingerprint density at radius 1 is 0.259 bits per heavy atom. The van der Waals surface area contributed by atoms with Crippen LogP contribution in [0.4, 0.5) is 0 Å². The molecular weight excluding hydrogens is 696 g/mol. The van der Waals surface area contributed by atoms with Gasteiger partial charge in [0.25, 0.3) is 0 Å². The summed E-state index contributed by atoms with van der Waals surface area (Å²) in [6.07, 6.45) is 22.7. The molecule has 0 amide bonds. The lowest BCUT2D eigenvalue weighted by atomic mass is 10.0. The zero-order valence-electron chi connectivity index (χ0n) is 35.0. The van der Waals surface area contributed by atoms with Gasteiger partial charge in [0.1, 0.15) is 6.61 Å². The van der Waals surface area contributed by atoms with Crippen LogP contribution in [0.5, 0.6) is 0 Å². The van der Waals surface area contributed by atoms with E-state index in [2.05, 4.69) is 13.8 Å². The van der Waals surface area contributed by atoms with Gasteiger partial charge in [-0.1, -0.05) is 110 Å². The Morgan fingerprint density at radius 3 is 0.778 bits per heavy atom. The molecule has 0 atom stereocenters. The zero-order valence-corrected chi connectivity index (χ0v) is 35.0. The number of carbonyl (C=O) groups is 1. The molecule has 0 rings (SSSR count). The average molecular weight is 781 g/mol. The molecule has 0 aromatic heterocycles. The first kappa shape index (κ1) is 53.1. The van der Waals surface area contributed by atoms with Crippen LogP contribution in [0, 0.1) is 0 Å². The largest absolute Gasteiger partial charge is 0.463 e. The van der Waals surface area contributed by atoms with Gasteiger partial charge in [-0.15, -0.1) is 0 Å². The minimum Gasteiger partial charge on any atom is -0.463 e. The van der Waals surface area contributed by atoms with Crippen molar-refractivity contribution >= 4 is 5.97 Å². The molecule has 0 bridgehead atoms. The molecular formula is C42H84O12. The highest BCUT2D eigenvalue weighted by molar-refractivity contribution is 5.69. The highest BCUT2D eigenvalue weighted by Crippen LogP contribution is 2.13. The summed E-state index contributed by atoms with van der Waals surface area (Å²) in [4.78, 5) is 11.5. The second-order valence-corrected chi connectivity index (χ2v) is 13.4. The van der Waals surface area contributed by atoms with Crippen LogP contribution in [0.25, 0.3) is 0 Å². The first-order valence-electron chi connectivity index (χ1n) is 21.7. The lowest BCUT2D eigenvalue weighted by Crippen LogP contribution is -2.15. The molecule has 12 nitrogen and oxygen atoms in total. The fourth-order valence-electron chi connectivity index (χ4n) is 5.29. The van der Waals surface area contributed by atoms with Crippen LogP contribution in [0.15, 0.2) is 0 Å². The average Bonchev–Trinajstić information content (AvgIpc) is 3.18. The van der Waals surface area contributed by atoms with Crippen LogP contribution in [-0.2, 0) is 56.9 Å². The third-order valence-corrected chi connectivity index (χ3v) is 8.47.